The van der Waals surface area contributed by atoms with E-state index in [9.17, 15) is 25.4 Å². The van der Waals surface area contributed by atoms with Gasteiger partial charge in [-0.1, -0.05) is 0 Å². The normalized spacial score (nSPS) is 13.9. The van der Waals surface area contributed by atoms with Crippen LogP contribution >= 0.6 is 0 Å². The lowest BCUT2D eigenvalue weighted by atomic mass is 10.2. The largest absolute Gasteiger partial charge is 0.508 e. The van der Waals surface area contributed by atoms with Crippen molar-refractivity contribution in [2.24, 2.45) is 0 Å². The van der Waals surface area contributed by atoms with Crippen LogP contribution in [0.3, 0.4) is 0 Å². The predicted molar refractivity (Wildman–Crippen MR) is 70.3 cm³/mol. The smallest absolute Gasteiger partial charge is 0.296 e. The highest BCUT2D eigenvalue weighted by atomic mass is 16.6. The molecule has 7 nitrogen and oxygen atoms in total. The van der Waals surface area contributed by atoms with Crippen LogP contribution in [0.4, 0.5) is 11.4 Å². The van der Waals surface area contributed by atoms with Crippen LogP contribution in [0.25, 0.3) is 0 Å². The Hall–Kier alpha value is -1.86. The van der Waals surface area contributed by atoms with Crippen molar-refractivity contribution in [2.45, 2.75) is 26.1 Å². The SMILES string of the molecule is CC(O)CN(CC(C)O)c1ccc(O)cc1[N+](=O)[O-]. The van der Waals surface area contributed by atoms with Gasteiger partial charge in [-0.3, -0.25) is 10.1 Å². The van der Waals surface area contributed by atoms with Gasteiger partial charge in [-0.05, 0) is 26.0 Å². The molecule has 0 amide bonds. The Morgan fingerprint density at radius 1 is 1.26 bits per heavy atom. The molecule has 1 aromatic rings. The molecule has 0 radical (unpaired) electrons. The lowest BCUT2D eigenvalue weighted by Crippen LogP contribution is -2.36. The van der Waals surface area contributed by atoms with E-state index in [1.54, 1.807) is 13.8 Å². The van der Waals surface area contributed by atoms with Gasteiger partial charge < -0.3 is 20.2 Å². The van der Waals surface area contributed by atoms with E-state index in [2.05, 4.69) is 0 Å². The van der Waals surface area contributed by atoms with Crippen LogP contribution in [0.1, 0.15) is 13.8 Å². The maximum Gasteiger partial charge on any atom is 0.296 e. The van der Waals surface area contributed by atoms with Crippen LogP contribution in [-0.4, -0.2) is 45.5 Å². The Morgan fingerprint density at radius 2 is 1.79 bits per heavy atom. The van der Waals surface area contributed by atoms with Crippen LogP contribution in [0, 0.1) is 10.1 Å². The van der Waals surface area contributed by atoms with E-state index in [0.29, 0.717) is 0 Å². The van der Waals surface area contributed by atoms with Gasteiger partial charge in [0.25, 0.3) is 5.69 Å². The Kier molecular flexibility index (Phi) is 5.08. The summed E-state index contributed by atoms with van der Waals surface area (Å²) < 4.78 is 0. The van der Waals surface area contributed by atoms with Crippen molar-refractivity contribution in [3.8, 4) is 5.75 Å². The lowest BCUT2D eigenvalue weighted by molar-refractivity contribution is -0.384. The minimum atomic E-state index is -0.702. The molecular weight excluding hydrogens is 252 g/mol. The summed E-state index contributed by atoms with van der Waals surface area (Å²) in [6.45, 7) is 3.41. The first-order chi connectivity index (χ1) is 8.81. The molecular formula is C12H18N2O5. The highest BCUT2D eigenvalue weighted by Crippen LogP contribution is 2.31. The molecule has 2 atom stereocenters. The molecule has 1 rings (SSSR count). The fourth-order valence-electron chi connectivity index (χ4n) is 1.83. The molecule has 0 fully saturated rings. The van der Waals surface area contributed by atoms with Gasteiger partial charge in [0.2, 0.25) is 0 Å². The molecule has 3 N–H and O–H groups in total. The highest BCUT2D eigenvalue weighted by Gasteiger charge is 2.22. The molecule has 0 spiro atoms. The van der Waals surface area contributed by atoms with E-state index < -0.39 is 17.1 Å². The fourth-order valence-corrected chi connectivity index (χ4v) is 1.83. The monoisotopic (exact) mass is 270 g/mol. The summed E-state index contributed by atoms with van der Waals surface area (Å²) in [6, 6.07) is 3.78. The number of aromatic hydroxyl groups is 1. The third kappa shape index (κ3) is 4.38. The zero-order chi connectivity index (χ0) is 14.6. The summed E-state index contributed by atoms with van der Waals surface area (Å²) in [7, 11) is 0. The van der Waals surface area contributed by atoms with Gasteiger partial charge in [-0.15, -0.1) is 0 Å². The van der Waals surface area contributed by atoms with Gasteiger partial charge in [0.1, 0.15) is 11.4 Å². The summed E-state index contributed by atoms with van der Waals surface area (Å²) in [4.78, 5) is 11.9. The standard InChI is InChI=1S/C12H18N2O5/c1-8(15)6-13(7-9(2)16)11-4-3-10(17)5-12(11)14(18)19/h3-5,8-9,15-17H,6-7H2,1-2H3. The highest BCUT2D eigenvalue weighted by molar-refractivity contribution is 5.65. The van der Waals surface area contributed by atoms with Crippen LogP contribution in [-0.2, 0) is 0 Å². The average Bonchev–Trinajstić information content (AvgIpc) is 2.26. The van der Waals surface area contributed by atoms with E-state index in [1.807, 2.05) is 0 Å². The fraction of sp³-hybridized carbons (Fsp3) is 0.500. The number of nitrogens with zero attached hydrogens (tertiary/aromatic N) is 2. The number of aliphatic hydroxyl groups excluding tert-OH is 2. The van der Waals surface area contributed by atoms with Crippen molar-refractivity contribution in [1.29, 1.82) is 0 Å². The van der Waals surface area contributed by atoms with Gasteiger partial charge in [0.05, 0.1) is 23.2 Å². The summed E-state index contributed by atoms with van der Waals surface area (Å²) in [5, 5.41) is 39.2. The second-order valence-corrected chi connectivity index (χ2v) is 4.53. The van der Waals surface area contributed by atoms with E-state index in [0.717, 1.165) is 6.07 Å². The third-order valence-electron chi connectivity index (χ3n) is 2.47. The Labute approximate surface area is 110 Å². The van der Waals surface area contributed by atoms with Crippen LogP contribution < -0.4 is 4.90 Å². The molecule has 0 bridgehead atoms. The number of nitro groups is 1. The zero-order valence-electron chi connectivity index (χ0n) is 10.9. The van der Waals surface area contributed by atoms with Crippen LogP contribution in [0.2, 0.25) is 0 Å². The molecule has 0 aromatic heterocycles. The topological polar surface area (TPSA) is 107 Å². The number of rotatable bonds is 6. The molecule has 0 saturated carbocycles. The Balaban J connectivity index is 3.16. The molecule has 1 aromatic carbocycles. The van der Waals surface area contributed by atoms with Crippen molar-refractivity contribution in [3.63, 3.8) is 0 Å². The quantitative estimate of drug-likeness (QED) is 0.523. The lowest BCUT2D eigenvalue weighted by Gasteiger charge is -2.27. The van der Waals surface area contributed by atoms with Crippen LogP contribution in [0.5, 0.6) is 5.75 Å². The van der Waals surface area contributed by atoms with Crippen molar-refractivity contribution < 1.29 is 20.2 Å². The predicted octanol–water partition coefficient (Wildman–Crippen LogP) is 0.868. The molecule has 19 heavy (non-hydrogen) atoms. The first-order valence-corrected chi connectivity index (χ1v) is 5.89. The number of aliphatic hydroxyl groups is 2. The van der Waals surface area contributed by atoms with E-state index in [1.165, 1.54) is 17.0 Å². The zero-order valence-corrected chi connectivity index (χ0v) is 10.9. The molecule has 7 heteroatoms. The van der Waals surface area contributed by atoms with Crippen molar-refractivity contribution in [3.05, 3.63) is 28.3 Å². The third-order valence-corrected chi connectivity index (χ3v) is 2.47. The van der Waals surface area contributed by atoms with Crippen molar-refractivity contribution >= 4 is 11.4 Å². The molecule has 106 valence electrons. The number of benzene rings is 1. The number of anilines is 1. The molecule has 0 aliphatic heterocycles. The number of phenols is 1. The summed E-state index contributed by atoms with van der Waals surface area (Å²) in [5.41, 5.74) is -0.00843. The molecule has 0 saturated heterocycles. The van der Waals surface area contributed by atoms with Crippen molar-refractivity contribution in [2.75, 3.05) is 18.0 Å². The van der Waals surface area contributed by atoms with Gasteiger partial charge in [-0.2, -0.15) is 0 Å². The molecule has 0 heterocycles. The average molecular weight is 270 g/mol. The first-order valence-electron chi connectivity index (χ1n) is 5.89. The Morgan fingerprint density at radius 3 is 2.21 bits per heavy atom. The summed E-state index contributed by atoms with van der Waals surface area (Å²) >= 11 is 0. The maximum absolute atomic E-state index is 11.0. The van der Waals surface area contributed by atoms with Gasteiger partial charge in [0.15, 0.2) is 0 Å². The molecule has 0 aliphatic rings. The number of hydrogen-bond donors (Lipinski definition) is 3. The molecule has 0 aliphatic carbocycles. The number of hydrogen-bond acceptors (Lipinski definition) is 6. The minimum absolute atomic E-state index is 0.149. The number of phenolic OH excluding ortho intramolecular Hbond substituents is 1. The van der Waals surface area contributed by atoms with E-state index in [-0.39, 0.29) is 30.2 Å². The van der Waals surface area contributed by atoms with Gasteiger partial charge >= 0.3 is 0 Å². The van der Waals surface area contributed by atoms with Gasteiger partial charge in [-0.25, -0.2) is 0 Å². The number of nitro benzene ring substituents is 1. The first kappa shape index (κ1) is 15.2. The second-order valence-electron chi connectivity index (χ2n) is 4.53. The second kappa shape index (κ2) is 6.35. The summed E-state index contributed by atoms with van der Waals surface area (Å²) in [5.74, 6) is -0.204. The Bertz CT molecular complexity index is 438. The minimum Gasteiger partial charge on any atom is -0.508 e. The molecule has 2 unspecified atom stereocenters. The van der Waals surface area contributed by atoms with Crippen molar-refractivity contribution in [1.82, 2.24) is 0 Å². The van der Waals surface area contributed by atoms with Crippen LogP contribution in [0.15, 0.2) is 18.2 Å². The van der Waals surface area contributed by atoms with E-state index in [4.69, 9.17) is 0 Å². The van der Waals surface area contributed by atoms with Gasteiger partial charge in [0, 0.05) is 13.1 Å². The summed E-state index contributed by atoms with van der Waals surface area (Å²) in [6.07, 6.45) is -1.40. The van der Waals surface area contributed by atoms with E-state index >= 15 is 0 Å². The maximum atomic E-state index is 11.0.